The van der Waals surface area contributed by atoms with E-state index in [9.17, 15) is 4.39 Å². The third-order valence-corrected chi connectivity index (χ3v) is 22.2. The van der Waals surface area contributed by atoms with Gasteiger partial charge in [-0.05, 0) is 176 Å². The van der Waals surface area contributed by atoms with Crippen molar-refractivity contribution in [3.8, 4) is 66.8 Å². The number of rotatable bonds is 20. The van der Waals surface area contributed by atoms with Crippen molar-refractivity contribution in [2.75, 3.05) is 24.9 Å². The molecule has 0 bridgehead atoms. The highest BCUT2D eigenvalue weighted by Crippen LogP contribution is 2.36. The zero-order valence-electron chi connectivity index (χ0n) is 65.4. The second-order valence-corrected chi connectivity index (χ2v) is 30.4. The van der Waals surface area contributed by atoms with Crippen molar-refractivity contribution in [2.24, 2.45) is 14.1 Å². The van der Waals surface area contributed by atoms with Gasteiger partial charge in [-0.3, -0.25) is 0 Å². The van der Waals surface area contributed by atoms with Crippen LogP contribution in [0.3, 0.4) is 0 Å². The van der Waals surface area contributed by atoms with Gasteiger partial charge < -0.3 is 42.9 Å². The summed E-state index contributed by atoms with van der Waals surface area (Å²) in [5.41, 5.74) is 22.2. The van der Waals surface area contributed by atoms with Gasteiger partial charge in [0.15, 0.2) is 11.5 Å². The van der Waals surface area contributed by atoms with Crippen LogP contribution in [0.25, 0.3) is 110 Å². The van der Waals surface area contributed by atoms with Crippen molar-refractivity contribution in [3.63, 3.8) is 0 Å². The monoisotopic (exact) mass is 1630 g/mol. The number of hydrogen-bond acceptors (Lipinski definition) is 13. The van der Waals surface area contributed by atoms with E-state index in [2.05, 4.69) is 219 Å². The first kappa shape index (κ1) is 78.0. The van der Waals surface area contributed by atoms with Gasteiger partial charge in [0.25, 0.3) is 0 Å². The summed E-state index contributed by atoms with van der Waals surface area (Å²) >= 11 is 6.90. The van der Waals surface area contributed by atoms with Crippen molar-refractivity contribution >= 4 is 106 Å². The van der Waals surface area contributed by atoms with Gasteiger partial charge in [-0.1, -0.05) is 156 Å². The number of thiophene rings is 2. The summed E-state index contributed by atoms with van der Waals surface area (Å²) in [4.78, 5) is 25.7. The van der Waals surface area contributed by atoms with Crippen molar-refractivity contribution in [1.29, 1.82) is 0 Å². The summed E-state index contributed by atoms with van der Waals surface area (Å²) in [6, 6.07) is 86.6. The van der Waals surface area contributed by atoms with Crippen LogP contribution in [0.2, 0.25) is 0 Å². The standard InChI is InChI=1S/C24H23N5S.C24H21N5S.C16H15FN2.C16H16N2O2.C14H11BrN2/c2*1-2-14-28-21-12-7-6-11-20(21)26-24(28)25-16-18-17-29(19-9-4-3-5-10-19)27-23(18)22-13-8-15-30-22;1-11-7-15-16(8-12(11)2)19(10-18-15)9-13-5-3-4-6-14(13)17;1-18-13-7-5-4-6-12(13)17-16(18)11-8-9-14(19-2)15(10-11)20-3;1-17-13-8-3-2-7-12(13)16-14(17)10-5-4-6-11(15)9-10/h3-13,15,17H,2,14,16H2,1H3,(H,25,26);2-13,15,17H,1,14,16H2,(H,25,26);3-8,10H,9H2,1-2H3;4-10H,1-3H3;2-9H,1H3. The molecule has 0 unspecified atom stereocenters. The number of aromatic nitrogens is 14. The minimum Gasteiger partial charge on any atom is -0.493 e. The van der Waals surface area contributed by atoms with E-state index < -0.39 is 0 Å². The number of aryl methyl sites for hydroxylation is 5. The Hall–Kier alpha value is -13.3. The highest BCUT2D eigenvalue weighted by Gasteiger charge is 2.20. The maximum atomic E-state index is 13.7. The second-order valence-electron chi connectivity index (χ2n) is 27.6. The van der Waals surface area contributed by atoms with Gasteiger partial charge in [-0.2, -0.15) is 10.2 Å². The molecule has 0 amide bonds. The van der Waals surface area contributed by atoms with E-state index in [0.717, 1.165) is 146 Å². The van der Waals surface area contributed by atoms with Crippen LogP contribution in [-0.2, 0) is 46.8 Å². The van der Waals surface area contributed by atoms with Gasteiger partial charge in [0.05, 0.1) is 103 Å². The number of para-hydroxylation sites is 10. The van der Waals surface area contributed by atoms with Gasteiger partial charge in [0.1, 0.15) is 28.9 Å². The van der Waals surface area contributed by atoms with Crippen LogP contribution < -0.4 is 20.1 Å². The van der Waals surface area contributed by atoms with Gasteiger partial charge in [-0.15, -0.1) is 29.3 Å². The zero-order chi connectivity index (χ0) is 80.0. The lowest BCUT2D eigenvalue weighted by molar-refractivity contribution is 0.355. The van der Waals surface area contributed by atoms with E-state index in [1.54, 1.807) is 49.3 Å². The third kappa shape index (κ3) is 17.4. The lowest BCUT2D eigenvalue weighted by atomic mass is 10.1. The number of nitrogens with one attached hydrogen (secondary N) is 2. The minimum atomic E-state index is -0.173. The predicted octanol–water partition coefficient (Wildman–Crippen LogP) is 22.8. The molecule has 0 radical (unpaired) electrons. The molecule has 0 atom stereocenters. The SMILES string of the molecule is C=CCn1c(NCc2cn(-c3ccccc3)nc2-c2cccs2)nc2ccccc21.CCCn1c(NCc2cn(-c3ccccc3)nc2-c2cccs2)nc2ccccc21.COc1ccc(-c2nc3ccccc3n2C)cc1OC.Cc1cc2ncn(Cc3ccccc3F)c2cc1C.Cn1c(-c2cccc(Br)c2)nc2ccccc21. The lowest BCUT2D eigenvalue weighted by Crippen LogP contribution is -2.07. The fourth-order valence-corrected chi connectivity index (χ4v) is 15.8. The van der Waals surface area contributed by atoms with Gasteiger partial charge in [0, 0.05) is 85.0 Å². The molecule has 0 aliphatic heterocycles. The number of methoxy groups -OCH3 is 2. The van der Waals surface area contributed by atoms with E-state index in [1.807, 2.05) is 174 Å². The molecule has 0 saturated carbocycles. The van der Waals surface area contributed by atoms with E-state index in [4.69, 9.17) is 29.6 Å². The number of ether oxygens (including phenoxy) is 2. The lowest BCUT2D eigenvalue weighted by Gasteiger charge is -2.09. The van der Waals surface area contributed by atoms with E-state index in [-0.39, 0.29) is 5.82 Å². The van der Waals surface area contributed by atoms with Crippen LogP contribution in [-0.4, -0.2) is 81.5 Å². The topological polar surface area (TPSA) is 167 Å². The first-order chi connectivity index (χ1) is 56.8. The predicted molar refractivity (Wildman–Crippen MR) is 476 cm³/mol. The molecule has 2 N–H and O–H groups in total. The largest absolute Gasteiger partial charge is 0.493 e. The number of fused-ring (bicyclic) bond motifs is 5. The summed E-state index contributed by atoms with van der Waals surface area (Å²) in [6.07, 6.45) is 8.93. The summed E-state index contributed by atoms with van der Waals surface area (Å²) in [6.45, 7) is 13.7. The van der Waals surface area contributed by atoms with Crippen LogP contribution in [0.4, 0.5) is 16.3 Å². The molecule has 9 heterocycles. The molecule has 0 saturated heterocycles. The fraction of sp³-hybridized carbons (Fsp3) is 0.138. The van der Waals surface area contributed by atoms with Crippen LogP contribution in [0.5, 0.6) is 11.5 Å². The number of nitrogens with zero attached hydrogens (tertiary/aromatic N) is 14. The molecule has 10 aromatic carbocycles. The van der Waals surface area contributed by atoms with Gasteiger partial charge >= 0.3 is 0 Å². The molecule has 116 heavy (non-hydrogen) atoms. The Bertz CT molecular complexity index is 6530. The van der Waals surface area contributed by atoms with Crippen LogP contribution >= 0.6 is 38.6 Å². The second kappa shape index (κ2) is 36.2. The Morgan fingerprint density at radius 2 is 0.966 bits per heavy atom. The molecule has 580 valence electrons. The number of halogens is 2. The number of imidazole rings is 5. The Labute approximate surface area is 688 Å². The molecule has 19 rings (SSSR count). The molecule has 9 aromatic heterocycles. The van der Waals surface area contributed by atoms with Crippen LogP contribution in [0.1, 0.15) is 41.2 Å². The number of hydrogen-bond donors (Lipinski definition) is 2. The van der Waals surface area contributed by atoms with Crippen molar-refractivity contribution in [1.82, 2.24) is 67.3 Å². The Morgan fingerprint density at radius 3 is 1.47 bits per heavy atom. The summed E-state index contributed by atoms with van der Waals surface area (Å²) in [7, 11) is 7.33. The van der Waals surface area contributed by atoms with Gasteiger partial charge in [-0.25, -0.2) is 38.7 Å². The molecular weight excluding hydrogens is 1550 g/mol. The van der Waals surface area contributed by atoms with E-state index in [1.165, 1.54) is 27.6 Å². The van der Waals surface area contributed by atoms with Crippen molar-refractivity contribution < 1.29 is 13.9 Å². The van der Waals surface area contributed by atoms with E-state index in [0.29, 0.717) is 37.5 Å². The summed E-state index contributed by atoms with van der Waals surface area (Å²) in [5, 5.41) is 21.1. The quantitative estimate of drug-likeness (QED) is 0.0697. The maximum Gasteiger partial charge on any atom is 0.204 e. The van der Waals surface area contributed by atoms with Gasteiger partial charge in [0.2, 0.25) is 11.9 Å². The summed E-state index contributed by atoms with van der Waals surface area (Å²) in [5.74, 6) is 4.89. The highest BCUT2D eigenvalue weighted by molar-refractivity contribution is 9.10. The first-order valence-electron chi connectivity index (χ1n) is 38.1. The van der Waals surface area contributed by atoms with Crippen molar-refractivity contribution in [2.45, 2.75) is 59.9 Å². The zero-order valence-corrected chi connectivity index (χ0v) is 68.6. The Morgan fingerprint density at radius 1 is 0.474 bits per heavy atom. The number of allylic oxidation sites excluding steroid dienone is 1. The Balaban J connectivity index is 0.000000116. The molecule has 0 aliphatic carbocycles. The molecular formula is C94H86BrFN16O2S2. The van der Waals surface area contributed by atoms with Crippen LogP contribution in [0, 0.1) is 19.7 Å². The molecule has 22 heteroatoms. The Kier molecular flexibility index (Phi) is 24.4. The smallest absolute Gasteiger partial charge is 0.204 e. The fourth-order valence-electron chi connectivity index (χ4n) is 13.9. The highest BCUT2D eigenvalue weighted by atomic mass is 79.9. The third-order valence-electron chi connectivity index (χ3n) is 19.9. The molecule has 18 nitrogen and oxygen atoms in total. The first-order valence-corrected chi connectivity index (χ1v) is 40.7. The molecule has 0 spiro atoms. The molecule has 0 fully saturated rings. The molecule has 0 aliphatic rings. The normalized spacial score (nSPS) is 11.0. The average molecular weight is 1630 g/mol. The minimum absolute atomic E-state index is 0.173. The summed E-state index contributed by atoms with van der Waals surface area (Å²) < 4.78 is 39.9. The number of benzene rings is 10. The molecule has 19 aromatic rings. The van der Waals surface area contributed by atoms with Crippen molar-refractivity contribution in [3.05, 3.63) is 341 Å². The average Bonchev–Trinajstić information content (AvgIpc) is 1.65. The number of anilines is 2. The maximum absolute atomic E-state index is 13.7. The van der Waals surface area contributed by atoms with Crippen LogP contribution in [0.15, 0.2) is 307 Å². The van der Waals surface area contributed by atoms with E-state index >= 15 is 0 Å².